The third-order valence-corrected chi connectivity index (χ3v) is 3.18. The number of rotatable bonds is 1. The molecule has 13 heavy (non-hydrogen) atoms. The van der Waals surface area contributed by atoms with E-state index in [4.69, 9.17) is 0 Å². The van der Waals surface area contributed by atoms with Gasteiger partial charge in [0.2, 0.25) is 0 Å². The van der Waals surface area contributed by atoms with Gasteiger partial charge in [-0.1, -0.05) is 19.8 Å². The Kier molecular flexibility index (Phi) is 2.87. The highest BCUT2D eigenvalue weighted by atomic mass is 15.0. The quantitative estimate of drug-likeness (QED) is 0.658. The zero-order valence-electron chi connectivity index (χ0n) is 8.55. The van der Waals surface area contributed by atoms with Crippen molar-refractivity contribution in [2.45, 2.75) is 51.5 Å². The van der Waals surface area contributed by atoms with Crippen LogP contribution in [0, 0.1) is 5.92 Å². The van der Waals surface area contributed by atoms with Crippen molar-refractivity contribution in [3.05, 3.63) is 0 Å². The van der Waals surface area contributed by atoms with Gasteiger partial charge in [0.25, 0.3) is 0 Å². The second-order valence-electron chi connectivity index (χ2n) is 4.55. The summed E-state index contributed by atoms with van der Waals surface area (Å²) in [6.07, 6.45) is 7.95. The zero-order chi connectivity index (χ0) is 9.10. The normalized spacial score (nSPS) is 34.4. The Bertz CT molecular complexity index is 198. The lowest BCUT2D eigenvalue weighted by molar-refractivity contribution is 0.325. The number of hydrogen-bond acceptors (Lipinski definition) is 2. The molecule has 2 rings (SSSR count). The molecule has 2 nitrogen and oxygen atoms in total. The molecule has 1 aliphatic carbocycles. The van der Waals surface area contributed by atoms with Gasteiger partial charge < -0.3 is 5.32 Å². The number of aliphatic imine (C=N–C) groups is 1. The molecule has 0 amide bonds. The monoisotopic (exact) mass is 180 g/mol. The minimum absolute atomic E-state index is 0.723. The molecule has 0 aromatic carbocycles. The molecular formula is C11H20N2. The van der Waals surface area contributed by atoms with Gasteiger partial charge in [0, 0.05) is 19.0 Å². The summed E-state index contributed by atoms with van der Waals surface area (Å²) in [5.74, 6) is 2.19. The maximum atomic E-state index is 4.46. The summed E-state index contributed by atoms with van der Waals surface area (Å²) in [7, 11) is 0. The third kappa shape index (κ3) is 2.45. The molecule has 2 atom stereocenters. The molecule has 1 heterocycles. The van der Waals surface area contributed by atoms with Crippen LogP contribution in [0.4, 0.5) is 0 Å². The van der Waals surface area contributed by atoms with E-state index in [1.165, 1.54) is 44.4 Å². The van der Waals surface area contributed by atoms with Crippen LogP contribution >= 0.6 is 0 Å². The summed E-state index contributed by atoms with van der Waals surface area (Å²) in [6, 6.07) is 0.723. The second-order valence-corrected chi connectivity index (χ2v) is 4.55. The van der Waals surface area contributed by atoms with Gasteiger partial charge in [-0.05, 0) is 25.2 Å². The van der Waals surface area contributed by atoms with E-state index in [9.17, 15) is 0 Å². The topological polar surface area (TPSA) is 24.4 Å². The molecule has 0 saturated heterocycles. The number of nitrogens with one attached hydrogen (secondary N) is 1. The summed E-state index contributed by atoms with van der Waals surface area (Å²) in [5, 5.41) is 3.60. The highest BCUT2D eigenvalue weighted by Crippen LogP contribution is 2.23. The molecule has 0 bridgehead atoms. The number of amidine groups is 1. The molecule has 0 spiro atoms. The van der Waals surface area contributed by atoms with Gasteiger partial charge in [0.15, 0.2) is 0 Å². The Hall–Kier alpha value is -0.530. The highest BCUT2D eigenvalue weighted by Gasteiger charge is 2.20. The summed E-state index contributed by atoms with van der Waals surface area (Å²) in [6.45, 7) is 3.41. The minimum Gasteiger partial charge on any atom is -0.371 e. The smallest absolute Gasteiger partial charge is 0.0965 e. The summed E-state index contributed by atoms with van der Waals surface area (Å²) in [4.78, 5) is 4.46. The summed E-state index contributed by atoms with van der Waals surface area (Å²) in [5.41, 5.74) is 0. The molecule has 1 fully saturated rings. The van der Waals surface area contributed by atoms with Crippen LogP contribution in [-0.2, 0) is 0 Å². The van der Waals surface area contributed by atoms with Gasteiger partial charge in [-0.25, -0.2) is 0 Å². The van der Waals surface area contributed by atoms with Gasteiger partial charge in [-0.15, -0.1) is 0 Å². The Balaban J connectivity index is 1.80. The van der Waals surface area contributed by atoms with Crippen LogP contribution in [0.1, 0.15) is 45.4 Å². The van der Waals surface area contributed by atoms with Gasteiger partial charge in [0.1, 0.15) is 0 Å². The van der Waals surface area contributed by atoms with Crippen molar-refractivity contribution in [3.8, 4) is 0 Å². The molecule has 1 aliphatic heterocycles. The van der Waals surface area contributed by atoms with Gasteiger partial charge in [-0.3, -0.25) is 4.99 Å². The fourth-order valence-corrected chi connectivity index (χ4v) is 2.46. The standard InChI is InChI=1S/C11H20N2/c1-9-4-2-5-10(8-9)13-11-6-3-7-12-11/h9-10H,2-8H2,1H3,(H,12,13). The van der Waals surface area contributed by atoms with E-state index in [0.717, 1.165) is 18.5 Å². The molecular weight excluding hydrogens is 160 g/mol. The lowest BCUT2D eigenvalue weighted by Crippen LogP contribution is -2.37. The molecule has 2 heteroatoms. The molecule has 74 valence electrons. The number of hydrogen-bond donors (Lipinski definition) is 1. The predicted molar refractivity (Wildman–Crippen MR) is 56.1 cm³/mol. The largest absolute Gasteiger partial charge is 0.371 e. The Labute approximate surface area is 80.8 Å². The first kappa shape index (κ1) is 9.04. The molecule has 2 unspecified atom stereocenters. The van der Waals surface area contributed by atoms with E-state index in [1.54, 1.807) is 0 Å². The Morgan fingerprint density at radius 2 is 2.23 bits per heavy atom. The second kappa shape index (κ2) is 4.12. The first-order valence-electron chi connectivity index (χ1n) is 5.64. The van der Waals surface area contributed by atoms with Crippen molar-refractivity contribution in [1.82, 2.24) is 5.32 Å². The molecule has 0 aromatic rings. The average molecular weight is 180 g/mol. The maximum Gasteiger partial charge on any atom is 0.0965 e. The van der Waals surface area contributed by atoms with Gasteiger partial charge >= 0.3 is 0 Å². The van der Waals surface area contributed by atoms with Crippen LogP contribution in [-0.4, -0.2) is 18.4 Å². The van der Waals surface area contributed by atoms with E-state index in [-0.39, 0.29) is 0 Å². The molecule has 0 aromatic heterocycles. The summed E-state index contributed by atoms with van der Waals surface area (Å²) < 4.78 is 0. The van der Waals surface area contributed by atoms with E-state index < -0.39 is 0 Å². The Morgan fingerprint density at radius 3 is 2.92 bits per heavy atom. The van der Waals surface area contributed by atoms with Crippen LogP contribution in [0.15, 0.2) is 4.99 Å². The first-order chi connectivity index (χ1) is 6.34. The van der Waals surface area contributed by atoms with Gasteiger partial charge in [-0.2, -0.15) is 0 Å². The maximum absolute atomic E-state index is 4.46. The fraction of sp³-hybridized carbons (Fsp3) is 0.909. The molecule has 2 aliphatic rings. The van der Waals surface area contributed by atoms with Crippen LogP contribution < -0.4 is 5.32 Å². The van der Waals surface area contributed by atoms with E-state index in [0.29, 0.717) is 0 Å². The van der Waals surface area contributed by atoms with E-state index >= 15 is 0 Å². The summed E-state index contributed by atoms with van der Waals surface area (Å²) >= 11 is 0. The van der Waals surface area contributed by atoms with Crippen molar-refractivity contribution in [2.75, 3.05) is 6.54 Å². The van der Waals surface area contributed by atoms with Crippen molar-refractivity contribution in [3.63, 3.8) is 0 Å². The third-order valence-electron chi connectivity index (χ3n) is 3.18. The average Bonchev–Trinajstić information content (AvgIpc) is 2.57. The van der Waals surface area contributed by atoms with Crippen LogP contribution in [0.25, 0.3) is 0 Å². The highest BCUT2D eigenvalue weighted by molar-refractivity contribution is 5.83. The van der Waals surface area contributed by atoms with Crippen LogP contribution in [0.2, 0.25) is 0 Å². The zero-order valence-corrected chi connectivity index (χ0v) is 8.55. The van der Waals surface area contributed by atoms with Crippen molar-refractivity contribution in [1.29, 1.82) is 0 Å². The fourth-order valence-electron chi connectivity index (χ4n) is 2.46. The van der Waals surface area contributed by atoms with Crippen molar-refractivity contribution >= 4 is 5.84 Å². The minimum atomic E-state index is 0.723. The van der Waals surface area contributed by atoms with Gasteiger partial charge in [0.05, 0.1) is 5.84 Å². The predicted octanol–water partition coefficient (Wildman–Crippen LogP) is 2.35. The SMILES string of the molecule is CC1CCCC(NC2=NCCC2)C1. The molecule has 0 radical (unpaired) electrons. The van der Waals surface area contributed by atoms with E-state index in [2.05, 4.69) is 17.2 Å². The molecule has 1 saturated carbocycles. The molecule has 1 N–H and O–H groups in total. The lowest BCUT2D eigenvalue weighted by Gasteiger charge is -2.28. The van der Waals surface area contributed by atoms with Crippen LogP contribution in [0.5, 0.6) is 0 Å². The van der Waals surface area contributed by atoms with Crippen molar-refractivity contribution in [2.24, 2.45) is 10.9 Å². The number of nitrogens with zero attached hydrogens (tertiary/aromatic N) is 1. The Morgan fingerprint density at radius 1 is 1.31 bits per heavy atom. The first-order valence-corrected chi connectivity index (χ1v) is 5.64. The lowest BCUT2D eigenvalue weighted by atomic mass is 9.87. The van der Waals surface area contributed by atoms with Crippen LogP contribution in [0.3, 0.4) is 0 Å². The van der Waals surface area contributed by atoms with E-state index in [1.807, 2.05) is 0 Å². The van der Waals surface area contributed by atoms with Crippen molar-refractivity contribution < 1.29 is 0 Å².